The largest absolute Gasteiger partial charge is 0.300 e. The summed E-state index contributed by atoms with van der Waals surface area (Å²) in [7, 11) is 0. The van der Waals surface area contributed by atoms with E-state index in [1.165, 1.54) is 44.9 Å². The van der Waals surface area contributed by atoms with Crippen LogP contribution >= 0.6 is 0 Å². The summed E-state index contributed by atoms with van der Waals surface area (Å²) in [4.78, 5) is 25.5. The predicted molar refractivity (Wildman–Crippen MR) is 118 cm³/mol. The number of carbonyl (C=O) groups is 2. The number of Topliss-reactive ketones (excluding diaryl/α,β-unsaturated/α-hetero) is 2. The van der Waals surface area contributed by atoms with Gasteiger partial charge in [0.2, 0.25) is 0 Å². The van der Waals surface area contributed by atoms with E-state index in [0.717, 1.165) is 30.6 Å². The number of ketones is 2. The van der Waals surface area contributed by atoms with E-state index in [2.05, 4.69) is 34.6 Å². The lowest BCUT2D eigenvalue weighted by Gasteiger charge is -2.59. The van der Waals surface area contributed by atoms with E-state index >= 15 is 0 Å². The molecule has 29 heavy (non-hydrogen) atoms. The smallest absolute Gasteiger partial charge is 0.136 e. The van der Waals surface area contributed by atoms with Gasteiger partial charge in [0, 0.05) is 25.2 Å². The number of hydrogen-bond donors (Lipinski definition) is 0. The Morgan fingerprint density at radius 3 is 2.34 bits per heavy atom. The maximum atomic E-state index is 13.4. The Morgan fingerprint density at radius 2 is 1.62 bits per heavy atom. The molecule has 4 saturated carbocycles. The lowest BCUT2D eigenvalue weighted by molar-refractivity contribution is -0.159. The second-order valence-electron chi connectivity index (χ2n) is 12.4. The minimum absolute atomic E-state index is 0.231. The maximum absolute atomic E-state index is 13.4. The average Bonchev–Trinajstić information content (AvgIpc) is 3.00. The zero-order valence-electron chi connectivity index (χ0n) is 19.6. The van der Waals surface area contributed by atoms with Gasteiger partial charge in [-0.1, -0.05) is 53.9 Å². The summed E-state index contributed by atoms with van der Waals surface area (Å²) >= 11 is 0. The van der Waals surface area contributed by atoms with Gasteiger partial charge in [-0.3, -0.25) is 9.59 Å². The van der Waals surface area contributed by atoms with Crippen LogP contribution in [-0.4, -0.2) is 11.6 Å². The molecule has 0 aromatic carbocycles. The van der Waals surface area contributed by atoms with Gasteiger partial charge in [-0.2, -0.15) is 0 Å². The van der Waals surface area contributed by atoms with Crippen molar-refractivity contribution in [2.24, 2.45) is 52.3 Å². The Balaban J connectivity index is 1.52. The molecule has 8 atom stereocenters. The van der Waals surface area contributed by atoms with Gasteiger partial charge in [0.05, 0.1) is 0 Å². The van der Waals surface area contributed by atoms with E-state index in [9.17, 15) is 9.59 Å². The van der Waals surface area contributed by atoms with Gasteiger partial charge >= 0.3 is 0 Å². The molecule has 0 aliphatic heterocycles. The summed E-state index contributed by atoms with van der Waals surface area (Å²) in [6.07, 6.45) is 12.3. The van der Waals surface area contributed by atoms with Crippen LogP contribution in [0.3, 0.4) is 0 Å². The van der Waals surface area contributed by atoms with E-state index in [1.807, 2.05) is 0 Å². The molecule has 3 unspecified atom stereocenters. The second kappa shape index (κ2) is 7.79. The summed E-state index contributed by atoms with van der Waals surface area (Å²) in [5.41, 5.74) is 0.594. The molecule has 0 bridgehead atoms. The lowest BCUT2D eigenvalue weighted by atomic mass is 9.44. The minimum Gasteiger partial charge on any atom is -0.300 e. The molecule has 0 heterocycles. The van der Waals surface area contributed by atoms with Crippen LogP contribution in [0.5, 0.6) is 0 Å². The number of fused-ring (bicyclic) bond motifs is 5. The molecule has 0 amide bonds. The van der Waals surface area contributed by atoms with Crippen molar-refractivity contribution in [2.45, 2.75) is 105 Å². The van der Waals surface area contributed by atoms with Gasteiger partial charge in [0.15, 0.2) is 0 Å². The average molecular weight is 401 g/mol. The van der Waals surface area contributed by atoms with Crippen LogP contribution in [0, 0.1) is 52.3 Å². The molecule has 0 saturated heterocycles. The Bertz CT molecular complexity index is 651. The standard InChI is InChI=1S/C27H44O2/c1-17(2)7-6-8-18(3)21-9-10-22-25-23(12-14-27(21,22)5)26(4)13-11-20(28)15-19(26)16-24(25)29/h17-19,21-23,25H,6-16H2,1-5H3/t18-,19-,21-,22?,23?,25?,26+,27-/m1/s1. The fourth-order valence-corrected chi connectivity index (χ4v) is 8.75. The Kier molecular flexibility index (Phi) is 5.79. The third-order valence-electron chi connectivity index (χ3n) is 10.5. The van der Waals surface area contributed by atoms with Crippen molar-refractivity contribution in [3.05, 3.63) is 0 Å². The zero-order valence-corrected chi connectivity index (χ0v) is 19.6. The SMILES string of the molecule is CC(C)CCC[C@@H](C)[C@H]1CCC2C3C(=O)C[C@H]4CC(=O)CC[C@]4(C)C3CC[C@@]21C. The van der Waals surface area contributed by atoms with Gasteiger partial charge in [-0.15, -0.1) is 0 Å². The first-order valence-corrected chi connectivity index (χ1v) is 12.7. The van der Waals surface area contributed by atoms with Crippen molar-refractivity contribution in [1.82, 2.24) is 0 Å². The first-order chi connectivity index (χ1) is 13.7. The third-order valence-corrected chi connectivity index (χ3v) is 10.5. The van der Waals surface area contributed by atoms with E-state index < -0.39 is 0 Å². The lowest BCUT2D eigenvalue weighted by Crippen LogP contribution is -2.57. The molecule has 0 spiro atoms. The molecule has 0 aromatic heterocycles. The molecular weight excluding hydrogens is 356 g/mol. The topological polar surface area (TPSA) is 34.1 Å². The molecule has 2 nitrogen and oxygen atoms in total. The highest BCUT2D eigenvalue weighted by Crippen LogP contribution is 2.67. The van der Waals surface area contributed by atoms with Crippen molar-refractivity contribution >= 4 is 11.6 Å². The molecule has 164 valence electrons. The second-order valence-corrected chi connectivity index (χ2v) is 12.4. The van der Waals surface area contributed by atoms with Gasteiger partial charge in [0.25, 0.3) is 0 Å². The van der Waals surface area contributed by atoms with Crippen LogP contribution in [0.4, 0.5) is 0 Å². The van der Waals surface area contributed by atoms with E-state index in [1.54, 1.807) is 0 Å². The molecule has 4 aliphatic rings. The van der Waals surface area contributed by atoms with Gasteiger partial charge in [0.1, 0.15) is 11.6 Å². The summed E-state index contributed by atoms with van der Waals surface area (Å²) in [6, 6.07) is 0. The Morgan fingerprint density at radius 1 is 0.897 bits per heavy atom. The number of rotatable bonds is 5. The van der Waals surface area contributed by atoms with Crippen LogP contribution in [-0.2, 0) is 9.59 Å². The summed E-state index contributed by atoms with van der Waals surface area (Å²) in [5.74, 6) is 5.07. The third kappa shape index (κ3) is 3.55. The van der Waals surface area contributed by atoms with Crippen LogP contribution < -0.4 is 0 Å². The fraction of sp³-hybridized carbons (Fsp3) is 0.926. The quantitative estimate of drug-likeness (QED) is 0.505. The minimum atomic E-state index is 0.231. The molecule has 2 heteroatoms. The highest BCUT2D eigenvalue weighted by Gasteiger charge is 2.62. The van der Waals surface area contributed by atoms with E-state index in [4.69, 9.17) is 0 Å². The first-order valence-electron chi connectivity index (χ1n) is 12.7. The summed E-state index contributed by atoms with van der Waals surface area (Å²) in [6.45, 7) is 12.2. The molecule has 4 fully saturated rings. The highest BCUT2D eigenvalue weighted by molar-refractivity contribution is 5.86. The van der Waals surface area contributed by atoms with Gasteiger partial charge < -0.3 is 0 Å². The number of carbonyl (C=O) groups excluding carboxylic acids is 2. The Labute approximate surface area is 179 Å². The Hall–Kier alpha value is -0.660. The van der Waals surface area contributed by atoms with Crippen LogP contribution in [0.2, 0.25) is 0 Å². The molecule has 4 aliphatic carbocycles. The number of hydrogen-bond acceptors (Lipinski definition) is 2. The van der Waals surface area contributed by atoms with Gasteiger partial charge in [-0.25, -0.2) is 0 Å². The van der Waals surface area contributed by atoms with Crippen LogP contribution in [0.1, 0.15) is 105 Å². The van der Waals surface area contributed by atoms with Crippen molar-refractivity contribution in [2.75, 3.05) is 0 Å². The van der Waals surface area contributed by atoms with Crippen LogP contribution in [0.15, 0.2) is 0 Å². The normalized spacial score (nSPS) is 45.7. The predicted octanol–water partition coefficient (Wildman–Crippen LogP) is 6.86. The van der Waals surface area contributed by atoms with Crippen molar-refractivity contribution < 1.29 is 9.59 Å². The van der Waals surface area contributed by atoms with E-state index in [-0.39, 0.29) is 11.3 Å². The monoisotopic (exact) mass is 400 g/mol. The molecular formula is C27H44O2. The summed E-state index contributed by atoms with van der Waals surface area (Å²) < 4.78 is 0. The zero-order chi connectivity index (χ0) is 21.0. The molecule has 0 radical (unpaired) electrons. The van der Waals surface area contributed by atoms with E-state index in [0.29, 0.717) is 47.6 Å². The van der Waals surface area contributed by atoms with Crippen LogP contribution in [0.25, 0.3) is 0 Å². The first kappa shape index (κ1) is 21.6. The maximum Gasteiger partial charge on any atom is 0.136 e. The fourth-order valence-electron chi connectivity index (χ4n) is 8.75. The molecule has 0 N–H and O–H groups in total. The molecule has 4 rings (SSSR count). The van der Waals surface area contributed by atoms with Crippen molar-refractivity contribution in [3.63, 3.8) is 0 Å². The molecule has 0 aromatic rings. The highest BCUT2D eigenvalue weighted by atomic mass is 16.1. The van der Waals surface area contributed by atoms with Crippen molar-refractivity contribution in [1.29, 1.82) is 0 Å². The van der Waals surface area contributed by atoms with Gasteiger partial charge in [-0.05, 0) is 78.4 Å². The van der Waals surface area contributed by atoms with Crippen molar-refractivity contribution in [3.8, 4) is 0 Å². The summed E-state index contributed by atoms with van der Waals surface area (Å²) in [5, 5.41) is 0.